The Labute approximate surface area is 219 Å². The summed E-state index contributed by atoms with van der Waals surface area (Å²) in [5.74, 6) is -11.9. The Kier molecular flexibility index (Phi) is 7.20. The van der Waals surface area contributed by atoms with Gasteiger partial charge < -0.3 is 9.47 Å². The fraction of sp³-hybridized carbons (Fsp3) is 0.533. The number of allylic oxidation sites excluding steroid dienone is 2. The summed E-state index contributed by atoms with van der Waals surface area (Å²) in [4.78, 5) is 0. The van der Waals surface area contributed by atoms with Crippen LogP contribution in [-0.2, 0) is 16.6 Å². The summed E-state index contributed by atoms with van der Waals surface area (Å²) >= 11 is 0. The number of hydrogen-bond acceptors (Lipinski definition) is 2. The first kappa shape index (κ1) is 26.9. The molecule has 0 amide bonds. The van der Waals surface area contributed by atoms with E-state index in [1.807, 2.05) is 0 Å². The van der Waals surface area contributed by atoms with Crippen molar-refractivity contribution in [2.75, 3.05) is 13.2 Å². The minimum absolute atomic E-state index is 0.0255. The molecule has 0 saturated heterocycles. The second kappa shape index (κ2) is 10.2. The van der Waals surface area contributed by atoms with Crippen molar-refractivity contribution in [1.29, 1.82) is 0 Å². The van der Waals surface area contributed by atoms with Crippen molar-refractivity contribution >= 4 is 0 Å². The third-order valence-corrected chi connectivity index (χ3v) is 8.40. The molecule has 38 heavy (non-hydrogen) atoms. The van der Waals surface area contributed by atoms with Crippen LogP contribution in [0.2, 0.25) is 0 Å². The number of alkyl halides is 4. The molecule has 1 unspecified atom stereocenters. The minimum Gasteiger partial charge on any atom is -0.498 e. The average Bonchev–Trinajstić information content (AvgIpc) is 2.89. The fourth-order valence-electron chi connectivity index (χ4n) is 6.38. The molecule has 0 aromatic heterocycles. The molecule has 2 nitrogen and oxygen atoms in total. The Balaban J connectivity index is 1.43. The van der Waals surface area contributed by atoms with Crippen LogP contribution in [0.4, 0.5) is 26.3 Å². The molecule has 1 fully saturated rings. The van der Waals surface area contributed by atoms with Crippen LogP contribution in [0.25, 0.3) is 11.1 Å². The van der Waals surface area contributed by atoms with E-state index < -0.39 is 51.5 Å². The van der Waals surface area contributed by atoms with Crippen LogP contribution in [0.5, 0.6) is 5.75 Å². The van der Waals surface area contributed by atoms with Crippen LogP contribution in [0.1, 0.15) is 81.4 Å². The molecular weight excluding hydrogens is 506 g/mol. The molecule has 8 heteroatoms. The lowest BCUT2D eigenvalue weighted by Gasteiger charge is -2.38. The zero-order valence-corrected chi connectivity index (χ0v) is 21.6. The Morgan fingerprint density at radius 2 is 1.47 bits per heavy atom. The Morgan fingerprint density at radius 3 is 2.05 bits per heavy atom. The van der Waals surface area contributed by atoms with Gasteiger partial charge in [0.2, 0.25) is 0 Å². The number of benzene rings is 2. The van der Waals surface area contributed by atoms with Crippen LogP contribution in [0.3, 0.4) is 0 Å². The average molecular weight is 539 g/mol. The molecule has 2 aliphatic carbocycles. The molecular formula is C30H32F6O2. The van der Waals surface area contributed by atoms with Gasteiger partial charge in [-0.15, -0.1) is 0 Å². The van der Waals surface area contributed by atoms with Crippen LogP contribution < -0.4 is 4.74 Å². The number of hydrogen-bond donors (Lipinski definition) is 0. The molecule has 1 saturated carbocycles. The van der Waals surface area contributed by atoms with Gasteiger partial charge in [-0.05, 0) is 98.1 Å². The van der Waals surface area contributed by atoms with Gasteiger partial charge in [-0.25, -0.2) is 8.78 Å². The smallest absolute Gasteiger partial charge is 0.343 e. The molecule has 1 heterocycles. The number of ether oxygens (including phenoxy) is 2. The fourth-order valence-corrected chi connectivity index (χ4v) is 6.38. The summed E-state index contributed by atoms with van der Waals surface area (Å²) in [5, 5.41) is 0. The third-order valence-electron chi connectivity index (χ3n) is 8.40. The van der Waals surface area contributed by atoms with Gasteiger partial charge in [0, 0.05) is 6.42 Å². The second-order valence-electron chi connectivity index (χ2n) is 10.6. The van der Waals surface area contributed by atoms with Gasteiger partial charge in [-0.2, -0.15) is 17.6 Å². The SMILES string of the molecule is CCCC1=CCC(C2CCC(c3ccc4c(c3F)C(F)(F)C(F)(F)c3c-4ccc(OCC)c3F)CC2)CO1. The van der Waals surface area contributed by atoms with E-state index in [1.54, 1.807) is 0 Å². The highest BCUT2D eigenvalue weighted by Gasteiger charge is 2.65. The molecule has 1 atom stereocenters. The van der Waals surface area contributed by atoms with E-state index in [-0.39, 0.29) is 18.1 Å². The van der Waals surface area contributed by atoms with Gasteiger partial charge >= 0.3 is 11.8 Å². The van der Waals surface area contributed by atoms with E-state index in [1.165, 1.54) is 19.1 Å². The minimum atomic E-state index is -4.95. The maximum Gasteiger partial charge on any atom is 0.343 e. The highest BCUT2D eigenvalue weighted by atomic mass is 19.3. The van der Waals surface area contributed by atoms with E-state index in [4.69, 9.17) is 9.47 Å². The van der Waals surface area contributed by atoms with E-state index in [9.17, 15) is 4.39 Å². The van der Waals surface area contributed by atoms with Gasteiger partial charge in [0.1, 0.15) is 5.82 Å². The van der Waals surface area contributed by atoms with Crippen LogP contribution in [0.15, 0.2) is 36.1 Å². The molecule has 0 N–H and O–H groups in total. The van der Waals surface area contributed by atoms with Crippen molar-refractivity contribution in [2.45, 2.75) is 76.6 Å². The Hall–Kier alpha value is -2.64. The maximum atomic E-state index is 15.8. The first-order chi connectivity index (χ1) is 18.1. The molecule has 206 valence electrons. The highest BCUT2D eigenvalue weighted by molar-refractivity contribution is 5.77. The number of fused-ring (bicyclic) bond motifs is 3. The van der Waals surface area contributed by atoms with Crippen LogP contribution in [0, 0.1) is 23.5 Å². The van der Waals surface area contributed by atoms with Crippen LogP contribution in [-0.4, -0.2) is 13.2 Å². The van der Waals surface area contributed by atoms with Crippen molar-refractivity contribution in [3.8, 4) is 16.9 Å². The lowest BCUT2D eigenvalue weighted by Crippen LogP contribution is -2.41. The van der Waals surface area contributed by atoms with Crippen molar-refractivity contribution in [3.05, 3.63) is 64.4 Å². The summed E-state index contributed by atoms with van der Waals surface area (Å²) in [6.07, 6.45) is 7.74. The number of halogens is 6. The van der Waals surface area contributed by atoms with Crippen LogP contribution >= 0.6 is 0 Å². The maximum absolute atomic E-state index is 15.8. The van der Waals surface area contributed by atoms with Crippen molar-refractivity contribution in [2.24, 2.45) is 11.8 Å². The second-order valence-corrected chi connectivity index (χ2v) is 10.6. The highest BCUT2D eigenvalue weighted by Crippen LogP contribution is 2.60. The molecule has 0 spiro atoms. The number of rotatable bonds is 6. The summed E-state index contributed by atoms with van der Waals surface area (Å²) < 4.78 is 103. The Morgan fingerprint density at radius 1 is 0.842 bits per heavy atom. The standard InChI is InChI=1S/C30H32F6O2/c1-3-5-20-11-10-19(16-38-20)17-6-8-18(9-7-17)21-12-13-22-23-14-15-24(37-4-2)28(32)26(23)30(35,36)29(33,34)25(22)27(21)31/h11-15,17-19H,3-10,16H2,1-2H3. The van der Waals surface area contributed by atoms with Crippen molar-refractivity contribution in [1.82, 2.24) is 0 Å². The first-order valence-corrected chi connectivity index (χ1v) is 13.5. The molecule has 3 aliphatic rings. The van der Waals surface area contributed by atoms with Gasteiger partial charge in [0.25, 0.3) is 0 Å². The summed E-state index contributed by atoms with van der Waals surface area (Å²) in [6.45, 7) is 4.24. The molecule has 0 radical (unpaired) electrons. The lowest BCUT2D eigenvalue weighted by atomic mass is 9.71. The summed E-state index contributed by atoms with van der Waals surface area (Å²) in [5.41, 5.74) is -3.65. The first-order valence-electron chi connectivity index (χ1n) is 13.5. The predicted octanol–water partition coefficient (Wildman–Crippen LogP) is 9.22. The van der Waals surface area contributed by atoms with E-state index >= 15 is 22.0 Å². The van der Waals surface area contributed by atoms with Gasteiger partial charge in [-0.1, -0.05) is 19.1 Å². The van der Waals surface area contributed by atoms with Gasteiger partial charge in [-0.3, -0.25) is 0 Å². The molecule has 2 aromatic carbocycles. The van der Waals surface area contributed by atoms with E-state index in [0.29, 0.717) is 31.3 Å². The molecule has 2 aromatic rings. The molecule has 5 rings (SSSR count). The quantitative estimate of drug-likeness (QED) is 0.341. The predicted molar refractivity (Wildman–Crippen MR) is 132 cm³/mol. The normalized spacial score (nSPS) is 25.6. The summed E-state index contributed by atoms with van der Waals surface area (Å²) in [7, 11) is 0. The zero-order valence-electron chi connectivity index (χ0n) is 21.6. The topological polar surface area (TPSA) is 18.5 Å². The zero-order chi connectivity index (χ0) is 27.2. The largest absolute Gasteiger partial charge is 0.498 e. The van der Waals surface area contributed by atoms with E-state index in [2.05, 4.69) is 13.0 Å². The van der Waals surface area contributed by atoms with Crippen molar-refractivity contribution < 1.29 is 35.8 Å². The molecule has 1 aliphatic heterocycles. The Bertz CT molecular complexity index is 1230. The van der Waals surface area contributed by atoms with Crippen molar-refractivity contribution in [3.63, 3.8) is 0 Å². The molecule has 0 bridgehead atoms. The summed E-state index contributed by atoms with van der Waals surface area (Å²) in [6, 6.07) is 4.85. The third kappa shape index (κ3) is 4.28. The lowest BCUT2D eigenvalue weighted by molar-refractivity contribution is -0.228. The van der Waals surface area contributed by atoms with Gasteiger partial charge in [0.05, 0.1) is 30.1 Å². The van der Waals surface area contributed by atoms with E-state index in [0.717, 1.165) is 50.0 Å². The monoisotopic (exact) mass is 538 g/mol. The van der Waals surface area contributed by atoms with Gasteiger partial charge in [0.15, 0.2) is 11.6 Å².